The highest BCUT2D eigenvalue weighted by atomic mass is 32.2. The number of carbonyl (C=O) groups is 1. The van der Waals surface area contributed by atoms with Gasteiger partial charge in [0.2, 0.25) is 15.9 Å². The summed E-state index contributed by atoms with van der Waals surface area (Å²) in [6.45, 7) is 2.77. The fourth-order valence-corrected chi connectivity index (χ4v) is 3.28. The third-order valence-corrected chi connectivity index (χ3v) is 5.20. The maximum atomic E-state index is 12.5. The Balaban J connectivity index is 2.30. The van der Waals surface area contributed by atoms with Crippen molar-refractivity contribution in [2.75, 3.05) is 25.5 Å². The molecule has 0 saturated heterocycles. The number of fused-ring (bicyclic) bond motifs is 1. The van der Waals surface area contributed by atoms with Gasteiger partial charge in [-0.05, 0) is 24.6 Å². The summed E-state index contributed by atoms with van der Waals surface area (Å²) in [4.78, 5) is 11.7. The van der Waals surface area contributed by atoms with Crippen LogP contribution in [0.15, 0.2) is 23.1 Å². The van der Waals surface area contributed by atoms with Crippen molar-refractivity contribution in [1.82, 2.24) is 4.31 Å². The summed E-state index contributed by atoms with van der Waals surface area (Å²) in [5, 5.41) is 2.67. The third-order valence-electron chi connectivity index (χ3n) is 3.35. The highest BCUT2D eigenvalue weighted by molar-refractivity contribution is 7.89. The van der Waals surface area contributed by atoms with E-state index >= 15 is 0 Å². The molecule has 7 heteroatoms. The van der Waals surface area contributed by atoms with Crippen LogP contribution in [0.1, 0.15) is 26.2 Å². The van der Waals surface area contributed by atoms with Gasteiger partial charge in [0.25, 0.3) is 0 Å². The van der Waals surface area contributed by atoms with E-state index in [2.05, 4.69) is 5.32 Å². The molecule has 0 fully saturated rings. The molecular weight excluding hydrogens is 292 g/mol. The Kier molecular flexibility index (Phi) is 4.84. The molecular formula is C14H20N2O4S. The number of unbranched alkanes of at least 4 members (excludes halogenated alkanes) is 1. The summed E-state index contributed by atoms with van der Waals surface area (Å²) in [6, 6.07) is 4.55. The van der Waals surface area contributed by atoms with Gasteiger partial charge in [0.15, 0.2) is 0 Å². The van der Waals surface area contributed by atoms with Crippen molar-refractivity contribution in [3.05, 3.63) is 18.2 Å². The number of nitrogens with zero attached hydrogens (tertiary/aromatic N) is 1. The molecule has 0 saturated carbocycles. The summed E-state index contributed by atoms with van der Waals surface area (Å²) in [5.41, 5.74) is 0.405. The van der Waals surface area contributed by atoms with Crippen molar-refractivity contribution in [1.29, 1.82) is 0 Å². The highest BCUT2D eigenvalue weighted by Crippen LogP contribution is 2.30. The second-order valence-corrected chi connectivity index (χ2v) is 7.03. The molecule has 21 heavy (non-hydrogen) atoms. The van der Waals surface area contributed by atoms with E-state index in [9.17, 15) is 13.2 Å². The number of hydrogen-bond acceptors (Lipinski definition) is 4. The summed E-state index contributed by atoms with van der Waals surface area (Å²) < 4.78 is 31.7. The minimum absolute atomic E-state index is 0.158. The maximum Gasteiger partial charge on any atom is 0.242 e. The van der Waals surface area contributed by atoms with E-state index in [0.29, 0.717) is 24.6 Å². The molecule has 1 N–H and O–H groups in total. The SMILES string of the molecule is CCCCN(C)S(=O)(=O)c1ccc2c(c1)NC(=O)CCO2. The molecule has 1 aromatic carbocycles. The van der Waals surface area contributed by atoms with Gasteiger partial charge < -0.3 is 10.1 Å². The minimum Gasteiger partial charge on any atom is -0.491 e. The maximum absolute atomic E-state index is 12.5. The summed E-state index contributed by atoms with van der Waals surface area (Å²) in [7, 11) is -1.99. The average molecular weight is 312 g/mol. The van der Waals surface area contributed by atoms with Crippen LogP contribution in [0.5, 0.6) is 5.75 Å². The molecule has 0 spiro atoms. The van der Waals surface area contributed by atoms with Gasteiger partial charge in [-0.25, -0.2) is 12.7 Å². The van der Waals surface area contributed by atoms with Crippen LogP contribution in [-0.4, -0.2) is 38.8 Å². The molecule has 0 aliphatic carbocycles. The van der Waals surface area contributed by atoms with Gasteiger partial charge in [-0.2, -0.15) is 0 Å². The first-order chi connectivity index (χ1) is 9.95. The zero-order valence-electron chi connectivity index (χ0n) is 12.3. The van der Waals surface area contributed by atoms with Crippen LogP contribution >= 0.6 is 0 Å². The molecule has 0 atom stereocenters. The lowest BCUT2D eigenvalue weighted by Gasteiger charge is -2.18. The number of ether oxygens (including phenoxy) is 1. The van der Waals surface area contributed by atoms with E-state index in [4.69, 9.17) is 4.74 Å². The van der Waals surface area contributed by atoms with E-state index in [1.165, 1.54) is 16.4 Å². The number of hydrogen-bond donors (Lipinski definition) is 1. The number of rotatable bonds is 5. The van der Waals surface area contributed by atoms with Crippen LogP contribution in [0.4, 0.5) is 5.69 Å². The largest absolute Gasteiger partial charge is 0.491 e. The van der Waals surface area contributed by atoms with Gasteiger partial charge in [-0.1, -0.05) is 13.3 Å². The van der Waals surface area contributed by atoms with Crippen molar-refractivity contribution >= 4 is 21.6 Å². The lowest BCUT2D eigenvalue weighted by Crippen LogP contribution is -2.28. The quantitative estimate of drug-likeness (QED) is 0.900. The molecule has 0 radical (unpaired) electrons. The fraction of sp³-hybridized carbons (Fsp3) is 0.500. The van der Waals surface area contributed by atoms with E-state index < -0.39 is 10.0 Å². The standard InChI is InChI=1S/C14H20N2O4S/c1-3-4-8-16(2)21(18,19)11-5-6-13-12(10-11)15-14(17)7-9-20-13/h5-6,10H,3-4,7-9H2,1-2H3,(H,15,17). The van der Waals surface area contributed by atoms with Crippen LogP contribution in [-0.2, 0) is 14.8 Å². The van der Waals surface area contributed by atoms with E-state index in [0.717, 1.165) is 12.8 Å². The molecule has 1 heterocycles. The molecule has 1 amide bonds. The van der Waals surface area contributed by atoms with Crippen LogP contribution in [0, 0.1) is 0 Å². The van der Waals surface area contributed by atoms with E-state index in [1.54, 1.807) is 13.1 Å². The Morgan fingerprint density at radius 1 is 1.38 bits per heavy atom. The summed E-state index contributed by atoms with van der Waals surface area (Å²) in [6.07, 6.45) is 1.99. The van der Waals surface area contributed by atoms with E-state index in [-0.39, 0.29) is 17.2 Å². The zero-order valence-corrected chi connectivity index (χ0v) is 13.1. The van der Waals surface area contributed by atoms with Gasteiger partial charge in [0.1, 0.15) is 5.75 Å². The Morgan fingerprint density at radius 3 is 2.86 bits per heavy atom. The predicted molar refractivity (Wildman–Crippen MR) is 79.9 cm³/mol. The number of sulfonamides is 1. The number of amides is 1. The van der Waals surface area contributed by atoms with Crippen LogP contribution < -0.4 is 10.1 Å². The molecule has 1 aromatic rings. The smallest absolute Gasteiger partial charge is 0.242 e. The minimum atomic E-state index is -3.55. The lowest BCUT2D eigenvalue weighted by molar-refractivity contribution is -0.116. The Hall–Kier alpha value is -1.60. The topological polar surface area (TPSA) is 75.7 Å². The number of benzene rings is 1. The van der Waals surface area contributed by atoms with E-state index in [1.807, 2.05) is 6.92 Å². The van der Waals surface area contributed by atoms with Crippen LogP contribution in [0.25, 0.3) is 0 Å². The lowest BCUT2D eigenvalue weighted by atomic mass is 10.3. The third kappa shape index (κ3) is 3.54. The highest BCUT2D eigenvalue weighted by Gasteiger charge is 2.23. The Labute approximate surface area is 125 Å². The van der Waals surface area contributed by atoms with Gasteiger partial charge in [-0.15, -0.1) is 0 Å². The number of carbonyl (C=O) groups excluding carboxylic acids is 1. The normalized spacial score (nSPS) is 15.1. The van der Waals surface area contributed by atoms with Crippen molar-refractivity contribution in [2.24, 2.45) is 0 Å². The first kappa shape index (κ1) is 15.8. The summed E-state index contributed by atoms with van der Waals surface area (Å²) >= 11 is 0. The number of nitrogens with one attached hydrogen (secondary N) is 1. The molecule has 0 unspecified atom stereocenters. The Bertz CT molecular complexity index is 628. The fourth-order valence-electron chi connectivity index (χ4n) is 2.04. The van der Waals surface area contributed by atoms with Crippen molar-refractivity contribution < 1.29 is 17.9 Å². The molecule has 2 rings (SSSR count). The average Bonchev–Trinajstić information content (AvgIpc) is 2.64. The van der Waals surface area contributed by atoms with Crippen molar-refractivity contribution in [2.45, 2.75) is 31.1 Å². The monoisotopic (exact) mass is 312 g/mol. The predicted octanol–water partition coefficient (Wildman–Crippen LogP) is 1.83. The second kappa shape index (κ2) is 6.44. The zero-order chi connectivity index (χ0) is 15.5. The van der Waals surface area contributed by atoms with Crippen LogP contribution in [0.3, 0.4) is 0 Å². The molecule has 6 nitrogen and oxygen atoms in total. The molecule has 0 aromatic heterocycles. The van der Waals surface area contributed by atoms with Crippen molar-refractivity contribution in [3.63, 3.8) is 0 Å². The molecule has 1 aliphatic heterocycles. The van der Waals surface area contributed by atoms with Gasteiger partial charge >= 0.3 is 0 Å². The first-order valence-corrected chi connectivity index (χ1v) is 8.42. The summed E-state index contributed by atoms with van der Waals surface area (Å²) in [5.74, 6) is 0.318. The van der Waals surface area contributed by atoms with Gasteiger partial charge in [0, 0.05) is 13.6 Å². The molecule has 1 aliphatic rings. The second-order valence-electron chi connectivity index (χ2n) is 4.98. The van der Waals surface area contributed by atoms with Gasteiger partial charge in [0.05, 0.1) is 23.6 Å². The first-order valence-electron chi connectivity index (χ1n) is 6.98. The number of anilines is 1. The molecule has 116 valence electrons. The molecule has 0 bridgehead atoms. The Morgan fingerprint density at radius 2 is 2.14 bits per heavy atom. The van der Waals surface area contributed by atoms with Gasteiger partial charge in [-0.3, -0.25) is 4.79 Å². The van der Waals surface area contributed by atoms with Crippen molar-refractivity contribution in [3.8, 4) is 5.75 Å². The van der Waals surface area contributed by atoms with Crippen LogP contribution in [0.2, 0.25) is 0 Å².